The number of nitrogens with one attached hydrogen (secondary N) is 1. The second-order valence-corrected chi connectivity index (χ2v) is 7.32. The number of hydrogen-bond acceptors (Lipinski definition) is 5. The summed E-state index contributed by atoms with van der Waals surface area (Å²) >= 11 is 0. The van der Waals surface area contributed by atoms with Crippen molar-refractivity contribution in [1.82, 2.24) is 0 Å². The highest BCUT2D eigenvalue weighted by Crippen LogP contribution is 2.31. The van der Waals surface area contributed by atoms with Crippen LogP contribution in [0, 0.1) is 6.92 Å². The highest BCUT2D eigenvalue weighted by atomic mass is 32.2. The van der Waals surface area contributed by atoms with Gasteiger partial charge in [0.1, 0.15) is 5.75 Å². The first-order valence-electron chi connectivity index (χ1n) is 7.57. The highest BCUT2D eigenvalue weighted by molar-refractivity contribution is 7.85. The fraction of sp³-hybridized carbons (Fsp3) is 0.0556. The van der Waals surface area contributed by atoms with E-state index in [0.29, 0.717) is 10.8 Å². The van der Waals surface area contributed by atoms with Gasteiger partial charge < -0.3 is 16.2 Å². The number of anilines is 2. The maximum Gasteiger partial charge on any atom is 0.294 e. The maximum absolute atomic E-state index is 12.6. The molecule has 0 atom stereocenters. The number of aryl methyl sites for hydroxylation is 1. The molecule has 1 amide bonds. The molecule has 3 aromatic rings. The number of rotatable bonds is 3. The SMILES string of the molecule is Cc1ccc(C(=O)Nc2cc(S(=O)(=O)O)cc3cc(O)ccc23)c(N)c1. The monoisotopic (exact) mass is 372 g/mol. The van der Waals surface area contributed by atoms with Crippen molar-refractivity contribution in [2.75, 3.05) is 11.1 Å². The van der Waals surface area contributed by atoms with Crippen molar-refractivity contribution in [3.05, 3.63) is 59.7 Å². The van der Waals surface area contributed by atoms with Crippen LogP contribution in [0.25, 0.3) is 10.8 Å². The molecule has 134 valence electrons. The maximum atomic E-state index is 12.6. The van der Waals surface area contributed by atoms with Crippen molar-refractivity contribution in [3.63, 3.8) is 0 Å². The number of hydrogen-bond donors (Lipinski definition) is 4. The summed E-state index contributed by atoms with van der Waals surface area (Å²) in [5.41, 5.74) is 7.46. The van der Waals surface area contributed by atoms with E-state index < -0.39 is 20.9 Å². The van der Waals surface area contributed by atoms with Crippen LogP contribution in [-0.2, 0) is 10.1 Å². The van der Waals surface area contributed by atoms with E-state index in [1.807, 2.05) is 6.92 Å². The molecule has 0 radical (unpaired) electrons. The van der Waals surface area contributed by atoms with Gasteiger partial charge in [-0.2, -0.15) is 8.42 Å². The molecule has 0 saturated carbocycles. The van der Waals surface area contributed by atoms with E-state index in [1.165, 1.54) is 24.3 Å². The van der Waals surface area contributed by atoms with Crippen LogP contribution in [0.2, 0.25) is 0 Å². The van der Waals surface area contributed by atoms with Crippen molar-refractivity contribution in [3.8, 4) is 5.75 Å². The lowest BCUT2D eigenvalue weighted by atomic mass is 10.1. The first-order valence-corrected chi connectivity index (χ1v) is 9.01. The number of phenols is 1. The number of phenolic OH excluding ortho intramolecular Hbond substituents is 1. The van der Waals surface area contributed by atoms with Gasteiger partial charge in [0.25, 0.3) is 16.0 Å². The molecule has 0 spiro atoms. The molecule has 0 saturated heterocycles. The zero-order valence-corrected chi connectivity index (χ0v) is 14.5. The summed E-state index contributed by atoms with van der Waals surface area (Å²) < 4.78 is 32.4. The predicted octanol–water partition coefficient (Wildman–Crippen LogP) is 2.94. The molecule has 5 N–H and O–H groups in total. The number of amides is 1. The Bertz CT molecular complexity index is 1140. The van der Waals surface area contributed by atoms with E-state index >= 15 is 0 Å². The minimum Gasteiger partial charge on any atom is -0.508 e. The Labute approximate surface area is 149 Å². The number of aromatic hydroxyl groups is 1. The number of carbonyl (C=O) groups is 1. The van der Waals surface area contributed by atoms with E-state index in [1.54, 1.807) is 18.2 Å². The Balaban J connectivity index is 2.12. The lowest BCUT2D eigenvalue weighted by molar-refractivity contribution is 0.102. The number of carbonyl (C=O) groups excluding carboxylic acids is 1. The van der Waals surface area contributed by atoms with Gasteiger partial charge in [0.05, 0.1) is 16.1 Å². The van der Waals surface area contributed by atoms with Gasteiger partial charge >= 0.3 is 0 Å². The quantitative estimate of drug-likeness (QED) is 0.413. The summed E-state index contributed by atoms with van der Waals surface area (Å²) in [4.78, 5) is 12.2. The second kappa shape index (κ2) is 6.32. The summed E-state index contributed by atoms with van der Waals surface area (Å²) in [6.45, 7) is 1.84. The molecule has 8 heteroatoms. The van der Waals surface area contributed by atoms with Gasteiger partial charge in [-0.3, -0.25) is 9.35 Å². The summed E-state index contributed by atoms with van der Waals surface area (Å²) in [6, 6.07) is 11.6. The van der Waals surface area contributed by atoms with Crippen LogP contribution in [0.15, 0.2) is 53.4 Å². The number of benzene rings is 3. The van der Waals surface area contributed by atoms with Crippen LogP contribution in [0.1, 0.15) is 15.9 Å². The molecule has 0 bridgehead atoms. The average molecular weight is 372 g/mol. The Morgan fingerprint density at radius 2 is 1.81 bits per heavy atom. The summed E-state index contributed by atoms with van der Waals surface area (Å²) in [5, 5.41) is 13.1. The minimum absolute atomic E-state index is 0.0787. The van der Waals surface area contributed by atoms with Crippen molar-refractivity contribution in [2.45, 2.75) is 11.8 Å². The third-order valence-electron chi connectivity index (χ3n) is 3.91. The van der Waals surface area contributed by atoms with E-state index in [0.717, 1.165) is 11.6 Å². The molecule has 0 aromatic heterocycles. The standard InChI is InChI=1S/C18H16N2O5S/c1-10-2-4-15(16(19)6-10)18(22)20-17-9-13(26(23,24)25)8-11-7-12(21)3-5-14(11)17/h2-9,21H,19H2,1H3,(H,20,22)(H,23,24,25). The molecule has 0 fully saturated rings. The van der Waals surface area contributed by atoms with Crippen LogP contribution in [-0.4, -0.2) is 24.0 Å². The molecule has 0 aliphatic heterocycles. The first kappa shape index (κ1) is 17.7. The van der Waals surface area contributed by atoms with E-state index in [9.17, 15) is 22.9 Å². The molecule has 26 heavy (non-hydrogen) atoms. The van der Waals surface area contributed by atoms with Gasteiger partial charge in [0.15, 0.2) is 0 Å². The van der Waals surface area contributed by atoms with E-state index in [2.05, 4.69) is 5.32 Å². The zero-order chi connectivity index (χ0) is 19.1. The van der Waals surface area contributed by atoms with Gasteiger partial charge in [-0.25, -0.2) is 0 Å². The molecular formula is C18H16N2O5S. The first-order chi connectivity index (χ1) is 12.1. The summed E-state index contributed by atoms with van der Waals surface area (Å²) in [6.07, 6.45) is 0. The lowest BCUT2D eigenvalue weighted by Crippen LogP contribution is -2.15. The van der Waals surface area contributed by atoms with Crippen LogP contribution >= 0.6 is 0 Å². The molecule has 0 aliphatic carbocycles. The molecule has 0 aliphatic rings. The largest absolute Gasteiger partial charge is 0.508 e. The van der Waals surface area contributed by atoms with E-state index in [-0.39, 0.29) is 22.7 Å². The molecule has 0 unspecified atom stereocenters. The molecule has 7 nitrogen and oxygen atoms in total. The highest BCUT2D eigenvalue weighted by Gasteiger charge is 2.17. The average Bonchev–Trinajstić information content (AvgIpc) is 2.53. The summed E-state index contributed by atoms with van der Waals surface area (Å²) in [7, 11) is -4.50. The second-order valence-electron chi connectivity index (χ2n) is 5.90. The Morgan fingerprint density at radius 1 is 1.08 bits per heavy atom. The zero-order valence-electron chi connectivity index (χ0n) is 13.7. The molecule has 3 aromatic carbocycles. The van der Waals surface area contributed by atoms with Gasteiger partial charge in [-0.15, -0.1) is 0 Å². The Hall–Kier alpha value is -3.10. The molecular weight excluding hydrogens is 356 g/mol. The smallest absolute Gasteiger partial charge is 0.294 e. The number of fused-ring (bicyclic) bond motifs is 1. The van der Waals surface area contributed by atoms with Crippen LogP contribution in [0.4, 0.5) is 11.4 Å². The lowest BCUT2D eigenvalue weighted by Gasteiger charge is -2.12. The Kier molecular flexibility index (Phi) is 4.31. The van der Waals surface area contributed by atoms with E-state index in [4.69, 9.17) is 5.73 Å². The molecule has 3 rings (SSSR count). The normalized spacial score (nSPS) is 11.5. The van der Waals surface area contributed by atoms with Gasteiger partial charge in [0.2, 0.25) is 0 Å². The predicted molar refractivity (Wildman–Crippen MR) is 99.0 cm³/mol. The summed E-state index contributed by atoms with van der Waals surface area (Å²) in [5.74, 6) is -0.602. The van der Waals surface area contributed by atoms with Crippen molar-refractivity contribution >= 4 is 38.2 Å². The van der Waals surface area contributed by atoms with Crippen molar-refractivity contribution in [2.24, 2.45) is 0 Å². The minimum atomic E-state index is -4.50. The number of nitrogen functional groups attached to an aromatic ring is 1. The fourth-order valence-electron chi connectivity index (χ4n) is 2.66. The van der Waals surface area contributed by atoms with Crippen LogP contribution < -0.4 is 11.1 Å². The topological polar surface area (TPSA) is 130 Å². The third-order valence-corrected chi connectivity index (χ3v) is 4.74. The van der Waals surface area contributed by atoms with Crippen molar-refractivity contribution in [1.29, 1.82) is 0 Å². The van der Waals surface area contributed by atoms with Crippen LogP contribution in [0.5, 0.6) is 5.75 Å². The third kappa shape index (κ3) is 3.46. The Morgan fingerprint density at radius 3 is 2.46 bits per heavy atom. The number of nitrogens with two attached hydrogens (primary N) is 1. The fourth-order valence-corrected chi connectivity index (χ4v) is 3.20. The van der Waals surface area contributed by atoms with Gasteiger partial charge in [-0.05, 0) is 60.3 Å². The van der Waals surface area contributed by atoms with Crippen molar-refractivity contribution < 1.29 is 22.9 Å². The van der Waals surface area contributed by atoms with Gasteiger partial charge in [-0.1, -0.05) is 6.07 Å². The molecule has 0 heterocycles. The van der Waals surface area contributed by atoms with Gasteiger partial charge in [0, 0.05) is 11.1 Å². The van der Waals surface area contributed by atoms with Crippen LogP contribution in [0.3, 0.4) is 0 Å².